The van der Waals surface area contributed by atoms with Crippen molar-refractivity contribution in [1.29, 1.82) is 0 Å². The molecule has 6 heteroatoms. The van der Waals surface area contributed by atoms with E-state index in [0.717, 1.165) is 28.8 Å². The average Bonchev–Trinajstić information content (AvgIpc) is 2.92. The van der Waals surface area contributed by atoms with Gasteiger partial charge < -0.3 is 19.9 Å². The van der Waals surface area contributed by atoms with E-state index in [9.17, 15) is 4.79 Å². The van der Waals surface area contributed by atoms with Crippen LogP contribution in [0.4, 0.5) is 0 Å². The van der Waals surface area contributed by atoms with Gasteiger partial charge in [0.2, 0.25) is 0 Å². The third-order valence-corrected chi connectivity index (χ3v) is 4.27. The fourth-order valence-electron chi connectivity index (χ4n) is 2.33. The number of methoxy groups -OCH3 is 1. The van der Waals surface area contributed by atoms with Gasteiger partial charge >= 0.3 is 0 Å². The summed E-state index contributed by atoms with van der Waals surface area (Å²) in [5, 5.41) is 6.11. The van der Waals surface area contributed by atoms with Crippen LogP contribution in [0.15, 0.2) is 40.9 Å². The van der Waals surface area contributed by atoms with Crippen molar-refractivity contribution in [2.75, 3.05) is 33.4 Å². The summed E-state index contributed by atoms with van der Waals surface area (Å²) in [6, 6.07) is 11.8. The number of benzene rings is 1. The highest BCUT2D eigenvalue weighted by Gasteiger charge is 2.14. The van der Waals surface area contributed by atoms with Gasteiger partial charge in [0.1, 0.15) is 5.69 Å². The van der Waals surface area contributed by atoms with Gasteiger partial charge in [0.05, 0.1) is 6.61 Å². The number of ether oxygens (including phenoxy) is 1. The maximum absolute atomic E-state index is 12.3. The van der Waals surface area contributed by atoms with E-state index in [4.69, 9.17) is 4.74 Å². The summed E-state index contributed by atoms with van der Waals surface area (Å²) in [5.41, 5.74) is 2.71. The Balaban J connectivity index is 1.96. The molecule has 2 N–H and O–H groups in total. The maximum Gasteiger partial charge on any atom is 0.267 e. The lowest BCUT2D eigenvalue weighted by Gasteiger charge is -2.10. The molecule has 5 nitrogen and oxygen atoms in total. The zero-order valence-corrected chi connectivity index (χ0v) is 15.0. The summed E-state index contributed by atoms with van der Waals surface area (Å²) in [5.74, 6) is -0.0701. The van der Waals surface area contributed by atoms with Gasteiger partial charge in [-0.1, -0.05) is 34.1 Å². The molecule has 0 aliphatic carbocycles. The molecule has 2 rings (SSSR count). The molecule has 23 heavy (non-hydrogen) atoms. The molecule has 124 valence electrons. The van der Waals surface area contributed by atoms with Gasteiger partial charge in [-0.2, -0.15) is 0 Å². The van der Waals surface area contributed by atoms with Gasteiger partial charge in [-0.3, -0.25) is 4.79 Å². The zero-order valence-electron chi connectivity index (χ0n) is 13.4. The number of carbonyl (C=O) groups excluding carboxylic acids is 1. The van der Waals surface area contributed by atoms with Crippen LogP contribution in [0.2, 0.25) is 0 Å². The number of carbonyl (C=O) groups is 1. The van der Waals surface area contributed by atoms with Crippen molar-refractivity contribution in [2.24, 2.45) is 7.05 Å². The summed E-state index contributed by atoms with van der Waals surface area (Å²) >= 11 is 3.55. The Morgan fingerprint density at radius 1 is 1.17 bits per heavy atom. The SMILES string of the molecule is COCCNCCNC(=O)c1ccc(-c2ccccc2Br)n1C. The topological polar surface area (TPSA) is 55.3 Å². The van der Waals surface area contributed by atoms with Crippen molar-refractivity contribution in [3.05, 3.63) is 46.6 Å². The van der Waals surface area contributed by atoms with E-state index in [0.29, 0.717) is 18.8 Å². The molecule has 0 aliphatic heterocycles. The number of hydrogen-bond acceptors (Lipinski definition) is 3. The number of nitrogens with one attached hydrogen (secondary N) is 2. The molecule has 0 spiro atoms. The van der Waals surface area contributed by atoms with E-state index < -0.39 is 0 Å². The van der Waals surface area contributed by atoms with Crippen LogP contribution in [0.5, 0.6) is 0 Å². The fraction of sp³-hybridized carbons (Fsp3) is 0.353. The van der Waals surface area contributed by atoms with E-state index >= 15 is 0 Å². The minimum absolute atomic E-state index is 0.0701. The second-order valence-corrected chi connectivity index (χ2v) is 6.00. The molecule has 2 aromatic rings. The molecule has 1 amide bonds. The molecule has 0 unspecified atom stereocenters. The zero-order chi connectivity index (χ0) is 16.7. The molecule has 0 fully saturated rings. The Bertz CT molecular complexity index is 655. The second-order valence-electron chi connectivity index (χ2n) is 5.14. The minimum atomic E-state index is -0.0701. The summed E-state index contributed by atoms with van der Waals surface area (Å²) in [7, 11) is 3.57. The van der Waals surface area contributed by atoms with E-state index in [2.05, 4.69) is 26.6 Å². The molecular formula is C17H22BrN3O2. The number of halogens is 1. The quantitative estimate of drug-likeness (QED) is 0.692. The average molecular weight is 380 g/mol. The lowest BCUT2D eigenvalue weighted by molar-refractivity contribution is 0.0945. The van der Waals surface area contributed by atoms with Gasteiger partial charge in [-0.05, 0) is 18.2 Å². The Morgan fingerprint density at radius 3 is 2.70 bits per heavy atom. The minimum Gasteiger partial charge on any atom is -0.383 e. The summed E-state index contributed by atoms with van der Waals surface area (Å²) in [4.78, 5) is 12.3. The number of amides is 1. The predicted octanol–water partition coefficient (Wildman–Crippen LogP) is 2.42. The molecule has 0 aliphatic rings. The first kappa shape index (κ1) is 17.7. The Kier molecular flexibility index (Phi) is 6.83. The van der Waals surface area contributed by atoms with Crippen LogP contribution < -0.4 is 10.6 Å². The van der Waals surface area contributed by atoms with Crippen molar-refractivity contribution < 1.29 is 9.53 Å². The number of hydrogen-bond donors (Lipinski definition) is 2. The first-order chi connectivity index (χ1) is 11.1. The van der Waals surface area contributed by atoms with Crippen LogP contribution in [-0.4, -0.2) is 43.8 Å². The number of aromatic nitrogens is 1. The Morgan fingerprint density at radius 2 is 1.96 bits per heavy atom. The van der Waals surface area contributed by atoms with Crippen molar-refractivity contribution in [2.45, 2.75) is 0 Å². The lowest BCUT2D eigenvalue weighted by Crippen LogP contribution is -2.33. The highest BCUT2D eigenvalue weighted by Crippen LogP contribution is 2.28. The Hall–Kier alpha value is -1.63. The van der Waals surface area contributed by atoms with Crippen LogP contribution in [-0.2, 0) is 11.8 Å². The van der Waals surface area contributed by atoms with Crippen LogP contribution in [0.1, 0.15) is 10.5 Å². The lowest BCUT2D eigenvalue weighted by atomic mass is 10.1. The van der Waals surface area contributed by atoms with Gasteiger partial charge in [0.25, 0.3) is 5.91 Å². The van der Waals surface area contributed by atoms with Gasteiger partial charge in [-0.15, -0.1) is 0 Å². The number of nitrogens with zero attached hydrogens (tertiary/aromatic N) is 1. The van der Waals surface area contributed by atoms with Crippen LogP contribution in [0.3, 0.4) is 0 Å². The molecule has 0 saturated heterocycles. The highest BCUT2D eigenvalue weighted by atomic mass is 79.9. The molecule has 0 bridgehead atoms. The molecule has 1 aromatic heterocycles. The fourth-order valence-corrected chi connectivity index (χ4v) is 2.82. The largest absolute Gasteiger partial charge is 0.383 e. The third kappa shape index (κ3) is 4.67. The van der Waals surface area contributed by atoms with Gasteiger partial charge in [0, 0.05) is 49.5 Å². The van der Waals surface area contributed by atoms with Crippen molar-refractivity contribution in [3.8, 4) is 11.3 Å². The van der Waals surface area contributed by atoms with Crippen molar-refractivity contribution in [1.82, 2.24) is 15.2 Å². The van der Waals surface area contributed by atoms with Crippen LogP contribution in [0, 0.1) is 0 Å². The van der Waals surface area contributed by atoms with E-state index in [1.54, 1.807) is 7.11 Å². The molecule has 0 atom stereocenters. The van der Waals surface area contributed by atoms with Crippen LogP contribution >= 0.6 is 15.9 Å². The molecular weight excluding hydrogens is 358 g/mol. The van der Waals surface area contributed by atoms with E-state index in [1.807, 2.05) is 48.0 Å². The van der Waals surface area contributed by atoms with Crippen molar-refractivity contribution >= 4 is 21.8 Å². The monoisotopic (exact) mass is 379 g/mol. The molecule has 1 aromatic carbocycles. The van der Waals surface area contributed by atoms with Crippen molar-refractivity contribution in [3.63, 3.8) is 0 Å². The standard InChI is InChI=1S/C17H22BrN3O2/c1-21-15(13-5-3-4-6-14(13)18)7-8-16(21)17(22)20-10-9-19-11-12-23-2/h3-8,19H,9-12H2,1-2H3,(H,20,22). The highest BCUT2D eigenvalue weighted by molar-refractivity contribution is 9.10. The molecule has 1 heterocycles. The second kappa shape index (κ2) is 8.86. The smallest absolute Gasteiger partial charge is 0.267 e. The number of rotatable bonds is 8. The molecule has 0 radical (unpaired) electrons. The summed E-state index contributed by atoms with van der Waals surface area (Å²) in [6.07, 6.45) is 0. The first-order valence-electron chi connectivity index (χ1n) is 7.53. The van der Waals surface area contributed by atoms with Gasteiger partial charge in [-0.25, -0.2) is 0 Å². The predicted molar refractivity (Wildman–Crippen MR) is 95.6 cm³/mol. The first-order valence-corrected chi connectivity index (χ1v) is 8.33. The summed E-state index contributed by atoms with van der Waals surface area (Å²) < 4.78 is 7.87. The van der Waals surface area contributed by atoms with Gasteiger partial charge in [0.15, 0.2) is 0 Å². The normalized spacial score (nSPS) is 10.7. The third-order valence-electron chi connectivity index (χ3n) is 3.57. The Labute approximate surface area is 145 Å². The van der Waals surface area contributed by atoms with E-state index in [1.165, 1.54) is 0 Å². The maximum atomic E-state index is 12.3. The van der Waals surface area contributed by atoms with E-state index in [-0.39, 0.29) is 5.91 Å². The molecule has 0 saturated carbocycles. The summed E-state index contributed by atoms with van der Waals surface area (Å²) in [6.45, 7) is 2.75. The van der Waals surface area contributed by atoms with Crippen LogP contribution in [0.25, 0.3) is 11.3 Å².